The molecule has 0 aromatic carbocycles. The van der Waals surface area contributed by atoms with Gasteiger partial charge in [0.05, 0.1) is 5.92 Å². The van der Waals surface area contributed by atoms with Gasteiger partial charge in [-0.25, -0.2) is 13.6 Å². The van der Waals surface area contributed by atoms with Crippen LogP contribution in [-0.2, 0) is 4.74 Å². The molecule has 0 saturated heterocycles. The number of amides is 1. The van der Waals surface area contributed by atoms with Crippen molar-refractivity contribution in [1.82, 2.24) is 4.90 Å². The Labute approximate surface area is 101 Å². The Bertz CT molecular complexity index is 254. The van der Waals surface area contributed by atoms with Gasteiger partial charge in [0, 0.05) is 19.6 Å². The predicted octanol–water partition coefficient (Wildman–Crippen LogP) is 2.08. The summed E-state index contributed by atoms with van der Waals surface area (Å²) in [6, 6.07) is -0.671. The van der Waals surface area contributed by atoms with Crippen molar-refractivity contribution < 1.29 is 18.3 Å². The number of nitrogens with two attached hydrogens (primary N) is 1. The van der Waals surface area contributed by atoms with Crippen LogP contribution in [0.4, 0.5) is 13.6 Å². The van der Waals surface area contributed by atoms with E-state index in [1.165, 1.54) is 14.0 Å². The topological polar surface area (TPSA) is 55.6 Å². The molecule has 0 saturated carbocycles. The van der Waals surface area contributed by atoms with Crippen LogP contribution >= 0.6 is 0 Å². The first-order chi connectivity index (χ1) is 7.60. The second kappa shape index (κ2) is 6.14. The Morgan fingerprint density at radius 3 is 2.18 bits per heavy atom. The highest BCUT2D eigenvalue weighted by Crippen LogP contribution is 2.19. The lowest BCUT2D eigenvalue weighted by atomic mass is 10.0. The highest BCUT2D eigenvalue weighted by Gasteiger charge is 2.32. The lowest BCUT2D eigenvalue weighted by Gasteiger charge is -2.32. The number of carbonyl (C=O) groups is 1. The first-order valence-electron chi connectivity index (χ1n) is 5.54. The zero-order chi connectivity index (χ0) is 13.8. The summed E-state index contributed by atoms with van der Waals surface area (Å²) in [5.41, 5.74) is 4.64. The Balaban J connectivity index is 4.58. The number of ether oxygens (including phenoxy) is 1. The molecule has 6 heteroatoms. The maximum atomic E-state index is 12.7. The molecule has 0 spiro atoms. The normalized spacial score (nSPS) is 15.6. The fourth-order valence-corrected chi connectivity index (χ4v) is 1.30. The molecule has 0 radical (unpaired) electrons. The number of alkyl halides is 2. The van der Waals surface area contributed by atoms with Crippen molar-refractivity contribution in [3.05, 3.63) is 0 Å². The zero-order valence-corrected chi connectivity index (χ0v) is 11.0. The van der Waals surface area contributed by atoms with E-state index in [1.807, 2.05) is 0 Å². The SMILES string of the molecule is CC(C(CN)C(F)F)N(C)C(=O)OC(C)(C)C. The van der Waals surface area contributed by atoms with Crippen molar-refractivity contribution in [2.45, 2.75) is 45.8 Å². The van der Waals surface area contributed by atoms with Crippen LogP contribution in [0.15, 0.2) is 0 Å². The first kappa shape index (κ1) is 16.1. The van der Waals surface area contributed by atoms with E-state index in [4.69, 9.17) is 10.5 Å². The number of hydrogen-bond donors (Lipinski definition) is 1. The standard InChI is InChI=1S/C11H22F2N2O2/c1-7(8(6-14)9(12)13)15(5)10(16)17-11(2,3)4/h7-9H,6,14H2,1-5H3. The van der Waals surface area contributed by atoms with Gasteiger partial charge < -0.3 is 15.4 Å². The fraction of sp³-hybridized carbons (Fsp3) is 0.909. The van der Waals surface area contributed by atoms with E-state index >= 15 is 0 Å². The van der Waals surface area contributed by atoms with Crippen molar-refractivity contribution in [3.8, 4) is 0 Å². The average molecular weight is 252 g/mol. The number of nitrogens with zero attached hydrogens (tertiary/aromatic N) is 1. The number of halogens is 2. The van der Waals surface area contributed by atoms with E-state index in [-0.39, 0.29) is 6.54 Å². The molecule has 0 aliphatic carbocycles. The number of carbonyl (C=O) groups excluding carboxylic acids is 1. The maximum Gasteiger partial charge on any atom is 0.410 e. The van der Waals surface area contributed by atoms with Crippen LogP contribution in [0, 0.1) is 5.92 Å². The largest absolute Gasteiger partial charge is 0.444 e. The minimum Gasteiger partial charge on any atom is -0.444 e. The zero-order valence-electron chi connectivity index (χ0n) is 11.0. The van der Waals surface area contributed by atoms with Crippen molar-refractivity contribution in [2.75, 3.05) is 13.6 Å². The van der Waals surface area contributed by atoms with E-state index in [9.17, 15) is 13.6 Å². The number of hydrogen-bond acceptors (Lipinski definition) is 3. The van der Waals surface area contributed by atoms with Crippen LogP contribution in [-0.4, -0.2) is 42.7 Å². The van der Waals surface area contributed by atoms with Crippen LogP contribution in [0.1, 0.15) is 27.7 Å². The highest BCUT2D eigenvalue weighted by molar-refractivity contribution is 5.68. The van der Waals surface area contributed by atoms with Gasteiger partial charge in [-0.2, -0.15) is 0 Å². The summed E-state index contributed by atoms with van der Waals surface area (Å²) in [6.07, 6.45) is -3.18. The minimum atomic E-state index is -2.56. The van der Waals surface area contributed by atoms with Gasteiger partial charge in [-0.05, 0) is 27.7 Å². The molecule has 0 heterocycles. The summed E-state index contributed by atoms with van der Waals surface area (Å²) in [5, 5.41) is 0. The molecule has 4 nitrogen and oxygen atoms in total. The van der Waals surface area contributed by atoms with Gasteiger partial charge in [0.15, 0.2) is 0 Å². The molecule has 102 valence electrons. The van der Waals surface area contributed by atoms with Gasteiger partial charge in [0.2, 0.25) is 6.43 Å². The second-order valence-electron chi connectivity index (χ2n) is 5.07. The molecule has 2 atom stereocenters. The maximum absolute atomic E-state index is 12.7. The quantitative estimate of drug-likeness (QED) is 0.833. The van der Waals surface area contributed by atoms with Gasteiger partial charge in [-0.1, -0.05) is 0 Å². The van der Waals surface area contributed by atoms with Gasteiger partial charge in [0.25, 0.3) is 0 Å². The molecule has 0 aliphatic rings. The molecule has 17 heavy (non-hydrogen) atoms. The van der Waals surface area contributed by atoms with Crippen molar-refractivity contribution >= 4 is 6.09 Å². The van der Waals surface area contributed by atoms with E-state index in [1.54, 1.807) is 20.8 Å². The minimum absolute atomic E-state index is 0.175. The van der Waals surface area contributed by atoms with E-state index in [2.05, 4.69) is 0 Å². The molecule has 0 rings (SSSR count). The second-order valence-corrected chi connectivity index (χ2v) is 5.07. The van der Waals surface area contributed by atoms with Crippen molar-refractivity contribution in [1.29, 1.82) is 0 Å². The third kappa shape index (κ3) is 5.30. The summed E-state index contributed by atoms with van der Waals surface area (Å²) < 4.78 is 30.4. The smallest absolute Gasteiger partial charge is 0.410 e. The van der Waals surface area contributed by atoms with Crippen LogP contribution in [0.3, 0.4) is 0 Å². The lowest BCUT2D eigenvalue weighted by Crippen LogP contribution is -2.46. The van der Waals surface area contributed by atoms with Crippen LogP contribution in [0.25, 0.3) is 0 Å². The molecule has 2 unspecified atom stereocenters. The first-order valence-corrected chi connectivity index (χ1v) is 5.54. The van der Waals surface area contributed by atoms with Gasteiger partial charge in [-0.3, -0.25) is 0 Å². The summed E-state index contributed by atoms with van der Waals surface area (Å²) in [7, 11) is 1.43. The summed E-state index contributed by atoms with van der Waals surface area (Å²) in [6.45, 7) is 6.52. The molecule has 0 bridgehead atoms. The Morgan fingerprint density at radius 1 is 1.41 bits per heavy atom. The van der Waals surface area contributed by atoms with Crippen molar-refractivity contribution in [3.63, 3.8) is 0 Å². The van der Waals surface area contributed by atoms with E-state index < -0.39 is 30.1 Å². The lowest BCUT2D eigenvalue weighted by molar-refractivity contribution is -0.00107. The van der Waals surface area contributed by atoms with Gasteiger partial charge >= 0.3 is 6.09 Å². The fourth-order valence-electron chi connectivity index (χ4n) is 1.30. The van der Waals surface area contributed by atoms with Crippen LogP contribution in [0.2, 0.25) is 0 Å². The van der Waals surface area contributed by atoms with Gasteiger partial charge in [-0.15, -0.1) is 0 Å². The molecule has 1 amide bonds. The van der Waals surface area contributed by atoms with E-state index in [0.29, 0.717) is 0 Å². The molecule has 0 aromatic rings. The van der Waals surface area contributed by atoms with Gasteiger partial charge in [0.1, 0.15) is 5.60 Å². The third-order valence-corrected chi connectivity index (χ3v) is 2.51. The molecule has 0 aliphatic heterocycles. The molecular formula is C11H22F2N2O2. The van der Waals surface area contributed by atoms with Crippen molar-refractivity contribution in [2.24, 2.45) is 11.7 Å². The summed E-state index contributed by atoms with van der Waals surface area (Å²) in [4.78, 5) is 12.8. The molecule has 0 fully saturated rings. The Hall–Kier alpha value is -0.910. The Morgan fingerprint density at radius 2 is 1.88 bits per heavy atom. The van der Waals surface area contributed by atoms with Crippen LogP contribution in [0.5, 0.6) is 0 Å². The third-order valence-electron chi connectivity index (χ3n) is 2.51. The van der Waals surface area contributed by atoms with E-state index in [0.717, 1.165) is 4.90 Å². The average Bonchev–Trinajstić information content (AvgIpc) is 2.14. The monoisotopic (exact) mass is 252 g/mol. The predicted molar refractivity (Wildman–Crippen MR) is 62.0 cm³/mol. The summed E-state index contributed by atoms with van der Waals surface area (Å²) in [5.74, 6) is -1.05. The molecular weight excluding hydrogens is 230 g/mol. The Kier molecular flexibility index (Phi) is 5.81. The highest BCUT2D eigenvalue weighted by atomic mass is 19.3. The number of rotatable bonds is 4. The molecule has 0 aromatic heterocycles. The van der Waals surface area contributed by atoms with Crippen LogP contribution < -0.4 is 5.73 Å². The summed E-state index contributed by atoms with van der Waals surface area (Å²) >= 11 is 0. The molecule has 2 N–H and O–H groups in total.